The molecule has 1 aliphatic heterocycles. The fourth-order valence-electron chi connectivity index (χ4n) is 4.01. The molecule has 4 aromatic rings. The molecular formula is C23H20N8O3. The van der Waals surface area contributed by atoms with Crippen LogP contribution in [0.3, 0.4) is 0 Å². The van der Waals surface area contributed by atoms with Crippen molar-refractivity contribution in [3.63, 3.8) is 0 Å². The highest BCUT2D eigenvalue weighted by molar-refractivity contribution is 5.98. The Kier molecular flexibility index (Phi) is 5.70. The van der Waals surface area contributed by atoms with E-state index in [2.05, 4.69) is 31.4 Å². The number of pyridine rings is 1. The van der Waals surface area contributed by atoms with Crippen LogP contribution in [0.15, 0.2) is 53.4 Å². The highest BCUT2D eigenvalue weighted by atomic mass is 16.5. The van der Waals surface area contributed by atoms with Gasteiger partial charge in [0.2, 0.25) is 17.6 Å². The van der Waals surface area contributed by atoms with E-state index in [1.54, 1.807) is 41.4 Å². The van der Waals surface area contributed by atoms with Crippen molar-refractivity contribution in [1.82, 2.24) is 35.0 Å². The number of hydrogen-bond acceptors (Lipinski definition) is 9. The number of carbonyl (C=O) groups is 1. The Labute approximate surface area is 194 Å². The van der Waals surface area contributed by atoms with E-state index in [0.717, 1.165) is 6.42 Å². The van der Waals surface area contributed by atoms with Crippen LogP contribution >= 0.6 is 0 Å². The monoisotopic (exact) mass is 456 g/mol. The second kappa shape index (κ2) is 9.11. The smallest absolute Gasteiger partial charge is 0.256 e. The number of likely N-dealkylation sites (tertiary alicyclic amines) is 1. The number of nitriles is 1. The molecule has 0 aliphatic carbocycles. The van der Waals surface area contributed by atoms with Gasteiger partial charge in [-0.3, -0.25) is 4.79 Å². The second-order valence-electron chi connectivity index (χ2n) is 7.56. The molecule has 1 fully saturated rings. The summed E-state index contributed by atoms with van der Waals surface area (Å²) in [6.45, 7) is 2.84. The van der Waals surface area contributed by atoms with Crippen LogP contribution in [-0.2, 0) is 0 Å². The van der Waals surface area contributed by atoms with Crippen molar-refractivity contribution in [3.05, 3.63) is 65.9 Å². The summed E-state index contributed by atoms with van der Waals surface area (Å²) >= 11 is 0. The summed E-state index contributed by atoms with van der Waals surface area (Å²) < 4.78 is 11.2. The van der Waals surface area contributed by atoms with Gasteiger partial charge < -0.3 is 14.2 Å². The van der Waals surface area contributed by atoms with E-state index < -0.39 is 6.04 Å². The SMILES string of the molecule is CCOc1ncccc1-c1noc(C2CCCN2C(=O)c2cc(C#N)ccc2-n2nccn2)n1. The normalized spacial score (nSPS) is 15.3. The molecule has 1 unspecified atom stereocenters. The van der Waals surface area contributed by atoms with Gasteiger partial charge in [-0.1, -0.05) is 5.16 Å². The lowest BCUT2D eigenvalue weighted by Gasteiger charge is -2.23. The minimum Gasteiger partial charge on any atom is -0.477 e. The maximum Gasteiger partial charge on any atom is 0.256 e. The minimum absolute atomic E-state index is 0.261. The molecule has 11 heteroatoms. The van der Waals surface area contributed by atoms with Crippen LogP contribution in [0.25, 0.3) is 17.1 Å². The Hall–Kier alpha value is -4.59. The first-order valence-electron chi connectivity index (χ1n) is 10.8. The third-order valence-electron chi connectivity index (χ3n) is 5.52. The average molecular weight is 456 g/mol. The van der Waals surface area contributed by atoms with Crippen molar-refractivity contribution in [3.8, 4) is 29.0 Å². The first-order chi connectivity index (χ1) is 16.7. The van der Waals surface area contributed by atoms with E-state index in [1.165, 1.54) is 17.2 Å². The van der Waals surface area contributed by atoms with Crippen molar-refractivity contribution in [2.45, 2.75) is 25.8 Å². The summed E-state index contributed by atoms with van der Waals surface area (Å²) in [5, 5.41) is 21.8. The van der Waals surface area contributed by atoms with Gasteiger partial charge in [0.05, 0.1) is 47.4 Å². The van der Waals surface area contributed by atoms with Crippen LogP contribution in [0.4, 0.5) is 0 Å². The topological polar surface area (TPSA) is 136 Å². The fourth-order valence-corrected chi connectivity index (χ4v) is 4.01. The second-order valence-corrected chi connectivity index (χ2v) is 7.56. The number of aromatic nitrogens is 6. The maximum absolute atomic E-state index is 13.7. The summed E-state index contributed by atoms with van der Waals surface area (Å²) in [6, 6.07) is 10.1. The summed E-state index contributed by atoms with van der Waals surface area (Å²) in [4.78, 5) is 25.5. The van der Waals surface area contributed by atoms with Crippen LogP contribution in [-0.4, -0.2) is 54.1 Å². The first kappa shape index (κ1) is 21.3. The Bertz CT molecular complexity index is 1360. The predicted molar refractivity (Wildman–Crippen MR) is 118 cm³/mol. The number of ether oxygens (including phenoxy) is 1. The number of nitrogens with zero attached hydrogens (tertiary/aromatic N) is 8. The highest BCUT2D eigenvalue weighted by Gasteiger charge is 2.36. The lowest BCUT2D eigenvalue weighted by molar-refractivity contribution is 0.0709. The predicted octanol–water partition coefficient (Wildman–Crippen LogP) is 2.96. The van der Waals surface area contributed by atoms with E-state index >= 15 is 0 Å². The van der Waals surface area contributed by atoms with Gasteiger partial charge in [-0.15, -0.1) is 0 Å². The molecule has 0 N–H and O–H groups in total. The Morgan fingerprint density at radius 3 is 2.91 bits per heavy atom. The minimum atomic E-state index is -0.398. The van der Waals surface area contributed by atoms with Crippen LogP contribution in [0.2, 0.25) is 0 Å². The zero-order chi connectivity index (χ0) is 23.5. The Balaban J connectivity index is 1.47. The summed E-state index contributed by atoms with van der Waals surface area (Å²) in [5.74, 6) is 0.838. The summed E-state index contributed by atoms with van der Waals surface area (Å²) in [6.07, 6.45) is 6.14. The van der Waals surface area contributed by atoms with Crippen molar-refractivity contribution in [2.75, 3.05) is 13.2 Å². The van der Waals surface area contributed by atoms with Crippen LogP contribution in [0.5, 0.6) is 5.88 Å². The van der Waals surface area contributed by atoms with E-state index in [-0.39, 0.29) is 5.91 Å². The molecule has 3 aromatic heterocycles. The Morgan fingerprint density at radius 1 is 1.26 bits per heavy atom. The largest absolute Gasteiger partial charge is 0.477 e. The van der Waals surface area contributed by atoms with Gasteiger partial charge in [0.1, 0.15) is 6.04 Å². The van der Waals surface area contributed by atoms with Crippen molar-refractivity contribution in [1.29, 1.82) is 5.26 Å². The number of hydrogen-bond donors (Lipinski definition) is 0. The molecule has 1 amide bonds. The molecule has 11 nitrogen and oxygen atoms in total. The van der Waals surface area contributed by atoms with E-state index in [0.29, 0.717) is 59.5 Å². The first-order valence-corrected chi connectivity index (χ1v) is 10.8. The molecule has 34 heavy (non-hydrogen) atoms. The number of carbonyl (C=O) groups excluding carboxylic acids is 1. The molecule has 4 heterocycles. The molecule has 0 radical (unpaired) electrons. The van der Waals surface area contributed by atoms with Gasteiger partial charge in [0.15, 0.2) is 0 Å². The average Bonchev–Trinajstić information content (AvgIpc) is 3.65. The van der Waals surface area contributed by atoms with Gasteiger partial charge in [-0.05, 0) is 50.1 Å². The zero-order valence-corrected chi connectivity index (χ0v) is 18.3. The van der Waals surface area contributed by atoms with Crippen LogP contribution in [0, 0.1) is 11.3 Å². The molecule has 0 saturated carbocycles. The summed E-state index contributed by atoms with van der Waals surface area (Å²) in [7, 11) is 0. The molecule has 1 aliphatic rings. The van der Waals surface area contributed by atoms with Gasteiger partial charge in [0.25, 0.3) is 5.91 Å². The molecular weight excluding hydrogens is 436 g/mol. The molecule has 0 spiro atoms. The van der Waals surface area contributed by atoms with Crippen LogP contribution < -0.4 is 4.74 Å². The molecule has 0 bridgehead atoms. The van der Waals surface area contributed by atoms with Crippen molar-refractivity contribution >= 4 is 5.91 Å². The van der Waals surface area contributed by atoms with Gasteiger partial charge >= 0.3 is 0 Å². The highest BCUT2D eigenvalue weighted by Crippen LogP contribution is 2.35. The quantitative estimate of drug-likeness (QED) is 0.429. The van der Waals surface area contributed by atoms with Crippen LogP contribution in [0.1, 0.15) is 47.6 Å². The zero-order valence-electron chi connectivity index (χ0n) is 18.3. The molecule has 1 atom stereocenters. The van der Waals surface area contributed by atoms with Gasteiger partial charge in [-0.2, -0.15) is 25.2 Å². The fraction of sp³-hybridized carbons (Fsp3) is 0.261. The number of rotatable bonds is 6. The van der Waals surface area contributed by atoms with E-state index in [9.17, 15) is 10.1 Å². The molecule has 5 rings (SSSR count). The van der Waals surface area contributed by atoms with Crippen molar-refractivity contribution in [2.24, 2.45) is 0 Å². The maximum atomic E-state index is 13.7. The third-order valence-corrected chi connectivity index (χ3v) is 5.52. The summed E-state index contributed by atoms with van der Waals surface area (Å²) in [5.41, 5.74) is 1.80. The lowest BCUT2D eigenvalue weighted by Crippen LogP contribution is -2.31. The standard InChI is InChI=1S/C23H20N8O3/c1-2-33-21-16(5-3-9-25-21)20-28-22(34-29-20)19-6-4-12-30(19)23(32)17-13-15(14-24)7-8-18(17)31-26-10-11-27-31/h3,5,7-11,13,19H,2,4,6,12H2,1H3. The molecule has 1 aromatic carbocycles. The third kappa shape index (κ3) is 3.86. The van der Waals surface area contributed by atoms with Gasteiger partial charge in [0, 0.05) is 12.7 Å². The lowest BCUT2D eigenvalue weighted by atomic mass is 10.1. The molecule has 1 saturated heterocycles. The van der Waals surface area contributed by atoms with E-state index in [1.807, 2.05) is 6.92 Å². The van der Waals surface area contributed by atoms with Crippen molar-refractivity contribution < 1.29 is 14.1 Å². The number of benzene rings is 1. The number of amides is 1. The molecule has 170 valence electrons. The van der Waals surface area contributed by atoms with E-state index in [4.69, 9.17) is 9.26 Å². The Morgan fingerprint density at radius 2 is 2.12 bits per heavy atom. The van der Waals surface area contributed by atoms with Gasteiger partial charge in [-0.25, -0.2) is 4.98 Å².